The van der Waals surface area contributed by atoms with Crippen molar-refractivity contribution in [2.24, 2.45) is 0 Å². The molecule has 0 aliphatic rings. The molecule has 0 N–H and O–H groups in total. The normalized spacial score (nSPS) is 12.4. The molecule has 134 valence electrons. The minimum atomic E-state index is 0.263. The zero-order chi connectivity index (χ0) is 18.8. The summed E-state index contributed by atoms with van der Waals surface area (Å²) in [6, 6.07) is 30.1. The van der Waals surface area contributed by atoms with Crippen LogP contribution in [0.1, 0.15) is 49.4 Å². The van der Waals surface area contributed by atoms with Gasteiger partial charge in [0.05, 0.1) is 5.69 Å². The fourth-order valence-electron chi connectivity index (χ4n) is 3.88. The van der Waals surface area contributed by atoms with Gasteiger partial charge in [0.2, 0.25) is 0 Å². The number of pyridine rings is 1. The Hall–Kier alpha value is -2.93. The summed E-state index contributed by atoms with van der Waals surface area (Å²) >= 11 is 0. The predicted octanol–water partition coefficient (Wildman–Crippen LogP) is 7.18. The lowest BCUT2D eigenvalue weighted by molar-refractivity contribution is 0.798. The van der Waals surface area contributed by atoms with Gasteiger partial charge in [-0.1, -0.05) is 93.6 Å². The summed E-state index contributed by atoms with van der Waals surface area (Å²) in [5.41, 5.74) is 6.13. The fourth-order valence-corrected chi connectivity index (χ4v) is 3.88. The molecule has 27 heavy (non-hydrogen) atoms. The predicted molar refractivity (Wildman–Crippen MR) is 115 cm³/mol. The molecule has 4 rings (SSSR count). The van der Waals surface area contributed by atoms with Crippen molar-refractivity contribution in [2.75, 3.05) is 0 Å². The van der Waals surface area contributed by atoms with Gasteiger partial charge in [-0.25, -0.2) is 0 Å². The Morgan fingerprint density at radius 1 is 0.630 bits per heavy atom. The molecule has 1 atom stereocenters. The lowest BCUT2D eigenvalue weighted by atomic mass is 9.88. The second-order valence-corrected chi connectivity index (χ2v) is 7.48. The van der Waals surface area contributed by atoms with Crippen LogP contribution in [0.15, 0.2) is 84.9 Å². The fraction of sp³-hybridized carbons (Fsp3) is 0.192. The Bertz CT molecular complexity index is 1070. The first-order chi connectivity index (χ1) is 13.1. The van der Waals surface area contributed by atoms with Crippen molar-refractivity contribution in [1.29, 1.82) is 0 Å². The SMILES string of the molecule is CC(C)c1ccccc1C(C)c1cccc(-c2cccc3ccccc23)n1. The Balaban J connectivity index is 1.79. The molecule has 0 fully saturated rings. The molecule has 1 nitrogen and oxygen atoms in total. The summed E-state index contributed by atoms with van der Waals surface area (Å²) in [6.45, 7) is 6.77. The van der Waals surface area contributed by atoms with Crippen LogP contribution in [0.25, 0.3) is 22.0 Å². The quantitative estimate of drug-likeness (QED) is 0.379. The van der Waals surface area contributed by atoms with Crippen LogP contribution < -0.4 is 0 Å². The number of benzene rings is 3. The van der Waals surface area contributed by atoms with E-state index in [9.17, 15) is 0 Å². The Morgan fingerprint density at radius 3 is 2.11 bits per heavy atom. The number of aromatic nitrogens is 1. The monoisotopic (exact) mass is 351 g/mol. The summed E-state index contributed by atoms with van der Waals surface area (Å²) in [6.07, 6.45) is 0. The molecule has 3 aromatic carbocycles. The van der Waals surface area contributed by atoms with E-state index in [0.29, 0.717) is 5.92 Å². The number of fused-ring (bicyclic) bond motifs is 1. The molecular formula is C26H25N. The highest BCUT2D eigenvalue weighted by Crippen LogP contribution is 2.32. The molecule has 0 bridgehead atoms. The summed E-state index contributed by atoms with van der Waals surface area (Å²) in [5, 5.41) is 2.50. The first kappa shape index (κ1) is 17.5. The zero-order valence-electron chi connectivity index (χ0n) is 16.2. The van der Waals surface area contributed by atoms with Gasteiger partial charge in [-0.3, -0.25) is 4.98 Å². The largest absolute Gasteiger partial charge is 0.252 e. The standard InChI is InChI=1S/C26H25N/c1-18(2)21-12-6-7-13-22(21)19(3)25-16-9-17-26(27-25)24-15-8-11-20-10-4-5-14-23(20)24/h4-19H,1-3H3. The van der Waals surface area contributed by atoms with Gasteiger partial charge in [0.15, 0.2) is 0 Å². The second kappa shape index (κ2) is 7.36. The van der Waals surface area contributed by atoms with Crippen LogP contribution >= 0.6 is 0 Å². The molecule has 0 amide bonds. The van der Waals surface area contributed by atoms with Crippen molar-refractivity contribution >= 4 is 10.8 Å². The highest BCUT2D eigenvalue weighted by atomic mass is 14.7. The molecule has 0 radical (unpaired) electrons. The Kier molecular flexibility index (Phi) is 4.77. The first-order valence-corrected chi connectivity index (χ1v) is 9.69. The van der Waals surface area contributed by atoms with Gasteiger partial charge in [-0.15, -0.1) is 0 Å². The third kappa shape index (κ3) is 3.38. The van der Waals surface area contributed by atoms with Gasteiger partial charge in [-0.05, 0) is 39.9 Å². The minimum absolute atomic E-state index is 0.263. The topological polar surface area (TPSA) is 12.9 Å². The molecule has 0 aliphatic carbocycles. The van der Waals surface area contributed by atoms with Gasteiger partial charge < -0.3 is 0 Å². The van der Waals surface area contributed by atoms with Crippen molar-refractivity contribution in [3.63, 3.8) is 0 Å². The van der Waals surface area contributed by atoms with Crippen molar-refractivity contribution in [3.8, 4) is 11.3 Å². The van der Waals surface area contributed by atoms with Gasteiger partial charge >= 0.3 is 0 Å². The number of nitrogens with zero attached hydrogens (tertiary/aromatic N) is 1. The maximum absolute atomic E-state index is 5.07. The molecule has 1 unspecified atom stereocenters. The molecule has 1 aromatic heterocycles. The first-order valence-electron chi connectivity index (χ1n) is 9.69. The number of hydrogen-bond donors (Lipinski definition) is 0. The van der Waals surface area contributed by atoms with Gasteiger partial charge in [0.1, 0.15) is 0 Å². The summed E-state index contributed by atoms with van der Waals surface area (Å²) in [5.74, 6) is 0.767. The van der Waals surface area contributed by atoms with Crippen molar-refractivity contribution in [1.82, 2.24) is 4.98 Å². The summed E-state index contributed by atoms with van der Waals surface area (Å²) in [4.78, 5) is 5.07. The highest BCUT2D eigenvalue weighted by Gasteiger charge is 2.16. The molecule has 1 heterocycles. The Labute approximate surface area is 161 Å². The average Bonchev–Trinajstić information content (AvgIpc) is 2.73. The molecule has 0 saturated carbocycles. The highest BCUT2D eigenvalue weighted by molar-refractivity contribution is 5.95. The van der Waals surface area contributed by atoms with Crippen LogP contribution in [-0.4, -0.2) is 4.98 Å². The average molecular weight is 351 g/mol. The van der Waals surface area contributed by atoms with Crippen molar-refractivity contribution in [3.05, 3.63) is 102 Å². The van der Waals surface area contributed by atoms with E-state index in [-0.39, 0.29) is 5.92 Å². The van der Waals surface area contributed by atoms with E-state index in [4.69, 9.17) is 4.98 Å². The van der Waals surface area contributed by atoms with Crippen LogP contribution in [-0.2, 0) is 0 Å². The Morgan fingerprint density at radius 2 is 1.30 bits per heavy atom. The maximum Gasteiger partial charge on any atom is 0.0711 e. The van der Waals surface area contributed by atoms with E-state index >= 15 is 0 Å². The molecule has 1 heteroatoms. The maximum atomic E-state index is 5.07. The van der Waals surface area contributed by atoms with E-state index in [1.54, 1.807) is 0 Å². The van der Waals surface area contributed by atoms with E-state index in [1.807, 2.05) is 0 Å². The smallest absolute Gasteiger partial charge is 0.0711 e. The van der Waals surface area contributed by atoms with E-state index in [1.165, 1.54) is 27.5 Å². The number of rotatable bonds is 4. The van der Waals surface area contributed by atoms with Crippen LogP contribution in [0.2, 0.25) is 0 Å². The van der Waals surface area contributed by atoms with Crippen molar-refractivity contribution in [2.45, 2.75) is 32.6 Å². The zero-order valence-corrected chi connectivity index (χ0v) is 16.2. The minimum Gasteiger partial charge on any atom is -0.252 e. The van der Waals surface area contributed by atoms with E-state index < -0.39 is 0 Å². The molecule has 0 saturated heterocycles. The third-order valence-corrected chi connectivity index (χ3v) is 5.36. The van der Waals surface area contributed by atoms with Crippen LogP contribution in [0.3, 0.4) is 0 Å². The summed E-state index contributed by atoms with van der Waals surface area (Å²) in [7, 11) is 0. The van der Waals surface area contributed by atoms with Crippen LogP contribution in [0.4, 0.5) is 0 Å². The number of hydrogen-bond acceptors (Lipinski definition) is 1. The van der Waals surface area contributed by atoms with Crippen LogP contribution in [0, 0.1) is 0 Å². The summed E-state index contributed by atoms with van der Waals surface area (Å²) < 4.78 is 0. The second-order valence-electron chi connectivity index (χ2n) is 7.48. The lowest BCUT2D eigenvalue weighted by Crippen LogP contribution is -2.04. The van der Waals surface area contributed by atoms with Gasteiger partial charge in [-0.2, -0.15) is 0 Å². The van der Waals surface area contributed by atoms with Crippen molar-refractivity contribution < 1.29 is 0 Å². The van der Waals surface area contributed by atoms with Crippen LogP contribution in [0.5, 0.6) is 0 Å². The van der Waals surface area contributed by atoms with E-state index in [0.717, 1.165) is 11.4 Å². The molecule has 0 spiro atoms. The molecular weight excluding hydrogens is 326 g/mol. The molecule has 4 aromatic rings. The lowest BCUT2D eigenvalue weighted by Gasteiger charge is -2.19. The van der Waals surface area contributed by atoms with Gasteiger partial charge in [0, 0.05) is 17.2 Å². The van der Waals surface area contributed by atoms with E-state index in [2.05, 4.69) is 106 Å². The van der Waals surface area contributed by atoms with Gasteiger partial charge in [0.25, 0.3) is 0 Å². The third-order valence-electron chi connectivity index (χ3n) is 5.36. The molecule has 0 aliphatic heterocycles.